The van der Waals surface area contributed by atoms with Crippen LogP contribution in [0.3, 0.4) is 0 Å². The predicted molar refractivity (Wildman–Crippen MR) is 73.7 cm³/mol. The maximum Gasteiger partial charge on any atom is 0.218 e. The SMILES string of the molecule is COc1cc(Nc2cc(F)ncn2)c(Br)cc1Br. The smallest absolute Gasteiger partial charge is 0.218 e. The van der Waals surface area contributed by atoms with Gasteiger partial charge in [-0.05, 0) is 37.9 Å². The molecule has 0 aliphatic heterocycles. The summed E-state index contributed by atoms with van der Waals surface area (Å²) in [5, 5.41) is 2.98. The second-order valence-corrected chi connectivity index (χ2v) is 5.03. The normalized spacial score (nSPS) is 10.2. The van der Waals surface area contributed by atoms with Crippen molar-refractivity contribution in [1.82, 2.24) is 9.97 Å². The molecule has 0 aliphatic rings. The third-order valence-electron chi connectivity index (χ3n) is 2.14. The van der Waals surface area contributed by atoms with Crippen LogP contribution in [0.1, 0.15) is 0 Å². The van der Waals surface area contributed by atoms with Crippen molar-refractivity contribution in [2.24, 2.45) is 0 Å². The van der Waals surface area contributed by atoms with Gasteiger partial charge in [0.1, 0.15) is 17.9 Å². The fourth-order valence-electron chi connectivity index (χ4n) is 1.32. The van der Waals surface area contributed by atoms with Crippen molar-refractivity contribution in [2.45, 2.75) is 0 Å². The van der Waals surface area contributed by atoms with E-state index in [9.17, 15) is 4.39 Å². The molecular weight excluding hydrogens is 369 g/mol. The Bertz CT molecular complexity index is 580. The largest absolute Gasteiger partial charge is 0.495 e. The lowest BCUT2D eigenvalue weighted by Crippen LogP contribution is -1.97. The summed E-state index contributed by atoms with van der Waals surface area (Å²) in [6.45, 7) is 0. The molecule has 18 heavy (non-hydrogen) atoms. The van der Waals surface area contributed by atoms with Crippen LogP contribution in [0.5, 0.6) is 5.75 Å². The highest BCUT2D eigenvalue weighted by Crippen LogP contribution is 2.35. The lowest BCUT2D eigenvalue weighted by atomic mass is 10.3. The summed E-state index contributed by atoms with van der Waals surface area (Å²) in [5.41, 5.74) is 0.716. The van der Waals surface area contributed by atoms with Gasteiger partial charge in [0.05, 0.1) is 17.3 Å². The highest BCUT2D eigenvalue weighted by molar-refractivity contribution is 9.11. The second kappa shape index (κ2) is 5.62. The Labute approximate surface area is 120 Å². The van der Waals surface area contributed by atoms with Crippen LogP contribution in [-0.2, 0) is 0 Å². The average molecular weight is 377 g/mol. The van der Waals surface area contributed by atoms with E-state index in [1.165, 1.54) is 6.07 Å². The summed E-state index contributed by atoms with van der Waals surface area (Å²) in [6, 6.07) is 4.81. The van der Waals surface area contributed by atoms with E-state index in [2.05, 4.69) is 47.1 Å². The molecule has 1 N–H and O–H groups in total. The maximum atomic E-state index is 12.9. The number of halogens is 3. The highest BCUT2D eigenvalue weighted by atomic mass is 79.9. The molecule has 0 fully saturated rings. The van der Waals surface area contributed by atoms with Gasteiger partial charge in [0.25, 0.3) is 0 Å². The number of ether oxygens (including phenoxy) is 1. The molecule has 1 heterocycles. The summed E-state index contributed by atoms with van der Waals surface area (Å²) in [5.74, 6) is 0.440. The lowest BCUT2D eigenvalue weighted by Gasteiger charge is -2.11. The molecule has 7 heteroatoms. The van der Waals surface area contributed by atoms with Crippen LogP contribution in [-0.4, -0.2) is 17.1 Å². The summed E-state index contributed by atoms with van der Waals surface area (Å²) >= 11 is 6.77. The molecule has 0 aliphatic carbocycles. The summed E-state index contributed by atoms with van der Waals surface area (Å²) in [6.07, 6.45) is 1.15. The first-order chi connectivity index (χ1) is 8.60. The van der Waals surface area contributed by atoms with Crippen LogP contribution in [0.4, 0.5) is 15.9 Å². The summed E-state index contributed by atoms with van der Waals surface area (Å²) in [7, 11) is 1.57. The first-order valence-electron chi connectivity index (χ1n) is 4.87. The van der Waals surface area contributed by atoms with Gasteiger partial charge in [-0.15, -0.1) is 0 Å². The minimum atomic E-state index is -0.590. The predicted octanol–water partition coefficient (Wildman–Crippen LogP) is 3.89. The van der Waals surface area contributed by atoms with E-state index in [-0.39, 0.29) is 0 Å². The number of hydrogen-bond acceptors (Lipinski definition) is 4. The number of nitrogens with zero attached hydrogens (tertiary/aromatic N) is 2. The van der Waals surface area contributed by atoms with Crippen LogP contribution in [0.2, 0.25) is 0 Å². The number of rotatable bonds is 3. The summed E-state index contributed by atoms with van der Waals surface area (Å²) < 4.78 is 19.7. The van der Waals surface area contributed by atoms with E-state index in [0.29, 0.717) is 17.3 Å². The molecule has 1 aromatic heterocycles. The maximum absolute atomic E-state index is 12.9. The fourth-order valence-corrected chi connectivity index (χ4v) is 2.58. The molecule has 94 valence electrons. The fraction of sp³-hybridized carbons (Fsp3) is 0.0909. The van der Waals surface area contributed by atoms with E-state index >= 15 is 0 Å². The van der Waals surface area contributed by atoms with Crippen molar-refractivity contribution < 1.29 is 9.13 Å². The number of anilines is 2. The zero-order valence-corrected chi connectivity index (χ0v) is 12.4. The zero-order chi connectivity index (χ0) is 13.1. The van der Waals surface area contributed by atoms with Crippen LogP contribution in [0, 0.1) is 5.95 Å². The number of hydrogen-bond donors (Lipinski definition) is 1. The van der Waals surface area contributed by atoms with Gasteiger partial charge in [0.15, 0.2) is 0 Å². The molecule has 0 amide bonds. The van der Waals surface area contributed by atoms with Crippen molar-refractivity contribution >= 4 is 43.4 Å². The van der Waals surface area contributed by atoms with Gasteiger partial charge < -0.3 is 10.1 Å². The minimum Gasteiger partial charge on any atom is -0.495 e. The van der Waals surface area contributed by atoms with Crippen LogP contribution < -0.4 is 10.1 Å². The first kappa shape index (κ1) is 13.2. The van der Waals surface area contributed by atoms with Gasteiger partial charge >= 0.3 is 0 Å². The van der Waals surface area contributed by atoms with Gasteiger partial charge in [0, 0.05) is 16.6 Å². The lowest BCUT2D eigenvalue weighted by molar-refractivity contribution is 0.412. The Balaban J connectivity index is 2.34. The van der Waals surface area contributed by atoms with Gasteiger partial charge in [-0.25, -0.2) is 9.97 Å². The van der Waals surface area contributed by atoms with E-state index in [0.717, 1.165) is 15.3 Å². The molecule has 0 saturated heterocycles. The third kappa shape index (κ3) is 2.97. The molecule has 0 radical (unpaired) electrons. The van der Waals surface area contributed by atoms with Crippen LogP contribution >= 0.6 is 31.9 Å². The Kier molecular flexibility index (Phi) is 4.13. The van der Waals surface area contributed by atoms with Crippen molar-refractivity contribution in [3.63, 3.8) is 0 Å². The number of benzene rings is 1. The molecule has 0 saturated carbocycles. The van der Waals surface area contributed by atoms with Crippen molar-refractivity contribution in [3.05, 3.63) is 39.4 Å². The average Bonchev–Trinajstić information content (AvgIpc) is 2.33. The van der Waals surface area contributed by atoms with Crippen LogP contribution in [0.25, 0.3) is 0 Å². The first-order valence-corrected chi connectivity index (χ1v) is 6.46. The quantitative estimate of drug-likeness (QED) is 0.825. The molecule has 0 spiro atoms. The molecule has 1 aromatic carbocycles. The van der Waals surface area contributed by atoms with Gasteiger partial charge in [-0.1, -0.05) is 0 Å². The molecule has 2 aromatic rings. The van der Waals surface area contributed by atoms with Gasteiger partial charge in [-0.2, -0.15) is 4.39 Å². The van der Waals surface area contributed by atoms with E-state index < -0.39 is 5.95 Å². The minimum absolute atomic E-state index is 0.368. The molecule has 0 bridgehead atoms. The molecule has 4 nitrogen and oxygen atoms in total. The van der Waals surface area contributed by atoms with E-state index in [1.807, 2.05) is 6.07 Å². The van der Waals surface area contributed by atoms with Crippen molar-refractivity contribution in [1.29, 1.82) is 0 Å². The Hall–Kier alpha value is -1.21. The molecule has 0 atom stereocenters. The third-order valence-corrected chi connectivity index (χ3v) is 3.41. The van der Waals surface area contributed by atoms with Gasteiger partial charge in [-0.3, -0.25) is 0 Å². The van der Waals surface area contributed by atoms with Gasteiger partial charge in [0.2, 0.25) is 5.95 Å². The zero-order valence-electron chi connectivity index (χ0n) is 9.25. The van der Waals surface area contributed by atoms with E-state index in [1.54, 1.807) is 13.2 Å². The van der Waals surface area contributed by atoms with Crippen molar-refractivity contribution in [3.8, 4) is 5.75 Å². The highest BCUT2D eigenvalue weighted by Gasteiger charge is 2.08. The topological polar surface area (TPSA) is 47.0 Å². The molecule has 2 rings (SSSR count). The Morgan fingerprint density at radius 1 is 1.17 bits per heavy atom. The standard InChI is InChI=1S/C11H8Br2FN3O/c1-18-9-3-8(6(12)2-7(9)13)17-11-4-10(14)15-5-16-11/h2-5H,1H3,(H,15,16,17). The number of methoxy groups -OCH3 is 1. The Morgan fingerprint density at radius 3 is 2.61 bits per heavy atom. The number of nitrogens with one attached hydrogen (secondary N) is 1. The summed E-state index contributed by atoms with van der Waals surface area (Å²) in [4.78, 5) is 7.31. The molecule has 0 unspecified atom stereocenters. The van der Waals surface area contributed by atoms with E-state index in [4.69, 9.17) is 4.74 Å². The molecular formula is C11H8Br2FN3O. The monoisotopic (exact) mass is 375 g/mol. The second-order valence-electron chi connectivity index (χ2n) is 3.32. The Morgan fingerprint density at radius 2 is 1.94 bits per heavy atom. The number of aromatic nitrogens is 2. The van der Waals surface area contributed by atoms with Crippen LogP contribution in [0.15, 0.2) is 33.5 Å². The van der Waals surface area contributed by atoms with Crippen molar-refractivity contribution in [2.75, 3.05) is 12.4 Å².